The van der Waals surface area contributed by atoms with Gasteiger partial charge in [0.25, 0.3) is 0 Å². The fourth-order valence-electron chi connectivity index (χ4n) is 1.50. The third kappa shape index (κ3) is 1.62. The van der Waals surface area contributed by atoms with Crippen LogP contribution in [0.4, 0.5) is 13.2 Å². The number of nitrogens with one attached hydrogen (secondary N) is 1. The largest absolute Gasteiger partial charge is 0.316 e. The SMILES string of the molecule is Fc1ccc(C(F)C2CNC2)c(F)c1. The van der Waals surface area contributed by atoms with Crippen molar-refractivity contribution in [3.63, 3.8) is 0 Å². The van der Waals surface area contributed by atoms with E-state index in [9.17, 15) is 13.2 Å². The Morgan fingerprint density at radius 2 is 2.00 bits per heavy atom. The second-order valence-electron chi connectivity index (χ2n) is 3.49. The summed E-state index contributed by atoms with van der Waals surface area (Å²) < 4.78 is 39.2. The Bertz CT molecular complexity index is 336. The molecule has 1 fully saturated rings. The monoisotopic (exact) mass is 201 g/mol. The second-order valence-corrected chi connectivity index (χ2v) is 3.49. The highest BCUT2D eigenvalue weighted by atomic mass is 19.1. The number of alkyl halides is 1. The number of benzene rings is 1. The maximum atomic E-state index is 13.6. The van der Waals surface area contributed by atoms with Crippen molar-refractivity contribution in [3.8, 4) is 0 Å². The molecule has 0 saturated carbocycles. The van der Waals surface area contributed by atoms with E-state index in [1.807, 2.05) is 0 Å². The lowest BCUT2D eigenvalue weighted by atomic mass is 9.92. The Kier molecular flexibility index (Phi) is 2.46. The number of hydrogen-bond acceptors (Lipinski definition) is 1. The fraction of sp³-hybridized carbons (Fsp3) is 0.400. The van der Waals surface area contributed by atoms with Crippen LogP contribution in [0.1, 0.15) is 11.7 Å². The minimum Gasteiger partial charge on any atom is -0.316 e. The van der Waals surface area contributed by atoms with Crippen molar-refractivity contribution in [2.45, 2.75) is 6.17 Å². The summed E-state index contributed by atoms with van der Waals surface area (Å²) in [7, 11) is 0. The predicted molar refractivity (Wildman–Crippen MR) is 46.6 cm³/mol. The topological polar surface area (TPSA) is 12.0 Å². The lowest BCUT2D eigenvalue weighted by Gasteiger charge is -2.30. The highest BCUT2D eigenvalue weighted by Crippen LogP contribution is 2.30. The van der Waals surface area contributed by atoms with Crippen molar-refractivity contribution in [2.75, 3.05) is 13.1 Å². The molecule has 1 aliphatic rings. The van der Waals surface area contributed by atoms with Gasteiger partial charge in [0.05, 0.1) is 0 Å². The van der Waals surface area contributed by atoms with E-state index in [-0.39, 0.29) is 11.5 Å². The van der Waals surface area contributed by atoms with Gasteiger partial charge >= 0.3 is 0 Å². The molecule has 0 amide bonds. The predicted octanol–water partition coefficient (Wildman–Crippen LogP) is 2.19. The fourth-order valence-corrected chi connectivity index (χ4v) is 1.50. The van der Waals surface area contributed by atoms with Crippen LogP contribution in [-0.4, -0.2) is 13.1 Å². The van der Waals surface area contributed by atoms with Crippen LogP contribution in [0, 0.1) is 17.6 Å². The Hall–Kier alpha value is -1.03. The molecule has 14 heavy (non-hydrogen) atoms. The van der Waals surface area contributed by atoms with Gasteiger partial charge in [-0.3, -0.25) is 0 Å². The Balaban J connectivity index is 2.22. The molecular formula is C10H10F3N. The van der Waals surface area contributed by atoms with Crippen LogP contribution >= 0.6 is 0 Å². The summed E-state index contributed by atoms with van der Waals surface area (Å²) in [5.74, 6) is -1.66. The Labute approximate surface area is 79.9 Å². The van der Waals surface area contributed by atoms with Gasteiger partial charge < -0.3 is 5.32 Å². The molecule has 1 unspecified atom stereocenters. The molecule has 0 radical (unpaired) electrons. The van der Waals surface area contributed by atoms with Gasteiger partial charge in [-0.05, 0) is 6.07 Å². The van der Waals surface area contributed by atoms with Crippen LogP contribution in [0.25, 0.3) is 0 Å². The van der Waals surface area contributed by atoms with E-state index in [1.165, 1.54) is 6.07 Å². The van der Waals surface area contributed by atoms with Crippen LogP contribution in [0.2, 0.25) is 0 Å². The summed E-state index contributed by atoms with van der Waals surface area (Å²) in [6.45, 7) is 1.11. The maximum Gasteiger partial charge on any atom is 0.133 e. The van der Waals surface area contributed by atoms with Crippen molar-refractivity contribution in [1.82, 2.24) is 5.32 Å². The molecule has 1 atom stereocenters. The summed E-state index contributed by atoms with van der Waals surface area (Å²) in [6, 6.07) is 2.97. The van der Waals surface area contributed by atoms with Crippen LogP contribution < -0.4 is 5.32 Å². The zero-order valence-corrected chi connectivity index (χ0v) is 7.43. The highest BCUT2D eigenvalue weighted by Gasteiger charge is 2.29. The molecule has 0 spiro atoms. The highest BCUT2D eigenvalue weighted by molar-refractivity contribution is 5.22. The van der Waals surface area contributed by atoms with Gasteiger partial charge in [-0.1, -0.05) is 6.07 Å². The van der Waals surface area contributed by atoms with Crippen LogP contribution in [0.5, 0.6) is 0 Å². The van der Waals surface area contributed by atoms with E-state index in [0.717, 1.165) is 6.07 Å². The van der Waals surface area contributed by atoms with Crippen LogP contribution in [0.3, 0.4) is 0 Å². The summed E-state index contributed by atoms with van der Waals surface area (Å²) in [5, 5.41) is 2.91. The van der Waals surface area contributed by atoms with E-state index < -0.39 is 17.8 Å². The van der Waals surface area contributed by atoms with Crippen molar-refractivity contribution >= 4 is 0 Å². The normalized spacial score (nSPS) is 19.1. The van der Waals surface area contributed by atoms with Crippen molar-refractivity contribution in [1.29, 1.82) is 0 Å². The molecule has 1 aliphatic heterocycles. The molecule has 1 saturated heterocycles. The van der Waals surface area contributed by atoms with Gasteiger partial charge in [-0.15, -0.1) is 0 Å². The third-order valence-corrected chi connectivity index (χ3v) is 2.49. The lowest BCUT2D eigenvalue weighted by molar-refractivity contribution is 0.167. The number of halogens is 3. The Morgan fingerprint density at radius 3 is 2.50 bits per heavy atom. The van der Waals surface area contributed by atoms with Crippen molar-refractivity contribution < 1.29 is 13.2 Å². The summed E-state index contributed by atoms with van der Waals surface area (Å²) in [5.41, 5.74) is -0.0436. The zero-order valence-electron chi connectivity index (χ0n) is 7.43. The molecule has 1 nitrogen and oxygen atoms in total. The standard InChI is InChI=1S/C10H10F3N/c11-7-1-2-8(9(12)3-7)10(13)6-4-14-5-6/h1-3,6,10,14H,4-5H2. The van der Waals surface area contributed by atoms with Crippen LogP contribution in [0.15, 0.2) is 18.2 Å². The van der Waals surface area contributed by atoms with Crippen LogP contribution in [-0.2, 0) is 0 Å². The molecule has 1 heterocycles. The Morgan fingerprint density at radius 1 is 1.29 bits per heavy atom. The number of hydrogen-bond donors (Lipinski definition) is 1. The molecule has 2 rings (SSSR count). The smallest absolute Gasteiger partial charge is 0.133 e. The molecule has 1 aromatic rings. The average molecular weight is 201 g/mol. The summed E-state index contributed by atoms with van der Waals surface area (Å²) in [4.78, 5) is 0. The maximum absolute atomic E-state index is 13.6. The molecule has 76 valence electrons. The molecule has 0 bridgehead atoms. The minimum absolute atomic E-state index is 0.0436. The molecule has 0 aliphatic carbocycles. The second kappa shape index (κ2) is 3.61. The van der Waals surface area contributed by atoms with E-state index in [2.05, 4.69) is 5.32 Å². The lowest BCUT2D eigenvalue weighted by Crippen LogP contribution is -2.44. The van der Waals surface area contributed by atoms with Crippen molar-refractivity contribution in [2.24, 2.45) is 5.92 Å². The van der Waals surface area contributed by atoms with E-state index in [0.29, 0.717) is 19.2 Å². The minimum atomic E-state index is -1.34. The van der Waals surface area contributed by atoms with Gasteiger partial charge in [0.1, 0.15) is 17.8 Å². The summed E-state index contributed by atoms with van der Waals surface area (Å²) >= 11 is 0. The van der Waals surface area contributed by atoms with E-state index in [4.69, 9.17) is 0 Å². The molecule has 0 aromatic heterocycles. The first-order valence-electron chi connectivity index (χ1n) is 4.48. The first-order valence-corrected chi connectivity index (χ1v) is 4.48. The average Bonchev–Trinajstić information content (AvgIpc) is 2.00. The van der Waals surface area contributed by atoms with E-state index >= 15 is 0 Å². The molecular weight excluding hydrogens is 191 g/mol. The van der Waals surface area contributed by atoms with Gasteiger partial charge in [0, 0.05) is 30.6 Å². The first-order chi connectivity index (χ1) is 6.68. The molecule has 1 N–H and O–H groups in total. The summed E-state index contributed by atoms with van der Waals surface area (Å²) in [6.07, 6.45) is -1.34. The van der Waals surface area contributed by atoms with E-state index in [1.54, 1.807) is 0 Å². The van der Waals surface area contributed by atoms with Gasteiger partial charge in [-0.25, -0.2) is 13.2 Å². The third-order valence-electron chi connectivity index (χ3n) is 2.49. The van der Waals surface area contributed by atoms with Crippen molar-refractivity contribution in [3.05, 3.63) is 35.4 Å². The quantitative estimate of drug-likeness (QED) is 0.773. The molecule has 1 aromatic carbocycles. The van der Waals surface area contributed by atoms with Gasteiger partial charge in [-0.2, -0.15) is 0 Å². The number of rotatable bonds is 2. The molecule has 4 heteroatoms. The van der Waals surface area contributed by atoms with Gasteiger partial charge in [0.15, 0.2) is 0 Å². The zero-order chi connectivity index (χ0) is 10.1. The first kappa shape index (κ1) is 9.52. The van der Waals surface area contributed by atoms with Gasteiger partial charge in [0.2, 0.25) is 0 Å².